The lowest BCUT2D eigenvalue weighted by atomic mass is 9.82. The van der Waals surface area contributed by atoms with E-state index in [1.165, 1.54) is 30.9 Å². The Kier molecular flexibility index (Phi) is 7.64. The van der Waals surface area contributed by atoms with Crippen LogP contribution in [0.5, 0.6) is 0 Å². The zero-order chi connectivity index (χ0) is 37.0. The minimum atomic E-state index is 0.777. The minimum absolute atomic E-state index is 0.777. The van der Waals surface area contributed by atoms with Crippen molar-refractivity contribution in [2.45, 2.75) is 0 Å². The monoisotopic (exact) mass is 732 g/mol. The number of thiophene rings is 1. The van der Waals surface area contributed by atoms with Crippen LogP contribution >= 0.6 is 11.3 Å². The van der Waals surface area contributed by atoms with Gasteiger partial charge in [-0.3, -0.25) is 0 Å². The second kappa shape index (κ2) is 13.3. The number of aromatic nitrogens is 4. The van der Waals surface area contributed by atoms with Gasteiger partial charge in [-0.1, -0.05) is 170 Å². The average molecular weight is 733 g/mol. The SMILES string of the molecule is c1ccc(-c2ccccc2-c2nnnc(-c3cccc4sc5ccccc5c34)c2-c2c(-c3ccccc3)cccc2-c2cccc3c2[nH]c2ccccc23)cc1. The largest absolute Gasteiger partial charge is 0.354 e. The van der Waals surface area contributed by atoms with Crippen LogP contribution in [0.2, 0.25) is 0 Å². The molecule has 0 unspecified atom stereocenters. The third kappa shape index (κ3) is 5.17. The van der Waals surface area contributed by atoms with Gasteiger partial charge >= 0.3 is 0 Å². The fourth-order valence-corrected chi connectivity index (χ4v) is 9.60. The number of nitrogens with zero attached hydrogens (tertiary/aromatic N) is 3. The van der Waals surface area contributed by atoms with E-state index in [1.54, 1.807) is 0 Å². The molecule has 0 aliphatic carbocycles. The molecule has 11 rings (SSSR count). The number of aromatic amines is 1. The molecule has 8 aromatic carbocycles. The summed E-state index contributed by atoms with van der Waals surface area (Å²) in [7, 11) is 0. The molecule has 0 aliphatic heterocycles. The van der Waals surface area contributed by atoms with Crippen LogP contribution in [0.3, 0.4) is 0 Å². The van der Waals surface area contributed by atoms with Crippen LogP contribution in [0.1, 0.15) is 0 Å². The molecule has 0 saturated carbocycles. The van der Waals surface area contributed by atoms with E-state index in [0.717, 1.165) is 78.1 Å². The van der Waals surface area contributed by atoms with Gasteiger partial charge in [-0.05, 0) is 51.2 Å². The van der Waals surface area contributed by atoms with Crippen LogP contribution < -0.4 is 0 Å². The number of fused-ring (bicyclic) bond motifs is 6. The Bertz CT molecular complexity index is 3250. The lowest BCUT2D eigenvalue weighted by Crippen LogP contribution is -2.03. The number of hydrogen-bond donors (Lipinski definition) is 1. The minimum Gasteiger partial charge on any atom is -0.354 e. The van der Waals surface area contributed by atoms with Crippen molar-refractivity contribution in [3.05, 3.63) is 188 Å². The molecule has 4 nitrogen and oxygen atoms in total. The van der Waals surface area contributed by atoms with Gasteiger partial charge in [0.2, 0.25) is 0 Å². The lowest BCUT2D eigenvalue weighted by Gasteiger charge is -2.22. The highest BCUT2D eigenvalue weighted by Crippen LogP contribution is 2.51. The summed E-state index contributed by atoms with van der Waals surface area (Å²) in [6.07, 6.45) is 0. The van der Waals surface area contributed by atoms with E-state index < -0.39 is 0 Å². The third-order valence-corrected chi connectivity index (χ3v) is 12.1. The van der Waals surface area contributed by atoms with E-state index in [0.29, 0.717) is 0 Å². The molecule has 3 heterocycles. The molecule has 0 atom stereocenters. The van der Waals surface area contributed by atoms with Gasteiger partial charge in [-0.2, -0.15) is 0 Å². The van der Waals surface area contributed by atoms with Crippen LogP contribution in [0.4, 0.5) is 0 Å². The van der Waals surface area contributed by atoms with Crippen molar-refractivity contribution in [1.29, 1.82) is 0 Å². The first-order valence-corrected chi connectivity index (χ1v) is 19.6. The number of hydrogen-bond acceptors (Lipinski definition) is 4. The van der Waals surface area contributed by atoms with Crippen LogP contribution in [-0.4, -0.2) is 20.4 Å². The van der Waals surface area contributed by atoms with Crippen molar-refractivity contribution in [2.75, 3.05) is 0 Å². The van der Waals surface area contributed by atoms with Crippen molar-refractivity contribution in [1.82, 2.24) is 20.4 Å². The van der Waals surface area contributed by atoms with E-state index in [-0.39, 0.29) is 0 Å². The smallest absolute Gasteiger partial charge is 0.105 e. The summed E-state index contributed by atoms with van der Waals surface area (Å²) in [6.45, 7) is 0. The first kappa shape index (κ1) is 32.2. The van der Waals surface area contributed by atoms with Crippen LogP contribution in [0, 0.1) is 0 Å². The summed E-state index contributed by atoms with van der Waals surface area (Å²) in [5.74, 6) is 0. The number of nitrogens with one attached hydrogen (secondary N) is 1. The van der Waals surface area contributed by atoms with Gasteiger partial charge in [0, 0.05) is 64.3 Å². The van der Waals surface area contributed by atoms with Gasteiger partial charge in [0.05, 0.1) is 5.52 Å². The molecule has 0 spiro atoms. The molecule has 1 N–H and O–H groups in total. The fourth-order valence-electron chi connectivity index (χ4n) is 8.47. The number of H-pyrrole nitrogens is 1. The Morgan fingerprint density at radius 1 is 0.357 bits per heavy atom. The normalized spacial score (nSPS) is 11.6. The summed E-state index contributed by atoms with van der Waals surface area (Å²) in [5, 5.41) is 19.5. The summed E-state index contributed by atoms with van der Waals surface area (Å²) in [5.41, 5.74) is 14.4. The highest BCUT2D eigenvalue weighted by Gasteiger charge is 2.27. The van der Waals surface area contributed by atoms with E-state index in [2.05, 4.69) is 198 Å². The summed E-state index contributed by atoms with van der Waals surface area (Å²) >= 11 is 1.81. The van der Waals surface area contributed by atoms with E-state index in [9.17, 15) is 0 Å². The standard InChI is InChI=1S/C51H32N4S/c1-3-16-32(17-4-1)34-20-7-8-22-38(34)50-48(51(54-55-53-50)42-28-15-31-45-46(42)41-23-10-12-30-44(41)56-45)47-35(33-18-5-2-6-19-33)24-13-25-37(47)40-27-14-26-39-36-21-9-11-29-43(36)52-49(39)40/h1-31,52H. The molecule has 0 aliphatic rings. The quantitative estimate of drug-likeness (QED) is 0.185. The first-order valence-electron chi connectivity index (χ1n) is 18.8. The molecule has 11 aromatic rings. The molecular weight excluding hydrogens is 701 g/mol. The predicted octanol–water partition coefficient (Wildman–Crippen LogP) is 13.9. The highest BCUT2D eigenvalue weighted by molar-refractivity contribution is 7.25. The van der Waals surface area contributed by atoms with E-state index in [4.69, 9.17) is 10.2 Å². The van der Waals surface area contributed by atoms with E-state index >= 15 is 0 Å². The van der Waals surface area contributed by atoms with Crippen molar-refractivity contribution < 1.29 is 0 Å². The molecule has 262 valence electrons. The number of para-hydroxylation sites is 2. The van der Waals surface area contributed by atoms with Crippen LogP contribution in [0.15, 0.2) is 188 Å². The molecule has 5 heteroatoms. The van der Waals surface area contributed by atoms with Gasteiger partial charge in [0.15, 0.2) is 0 Å². The highest BCUT2D eigenvalue weighted by atomic mass is 32.1. The molecule has 0 bridgehead atoms. The second-order valence-corrected chi connectivity index (χ2v) is 15.1. The Balaban J connectivity index is 1.32. The van der Waals surface area contributed by atoms with E-state index in [1.807, 2.05) is 11.3 Å². The molecule has 0 radical (unpaired) electrons. The van der Waals surface area contributed by atoms with Crippen molar-refractivity contribution >= 4 is 53.3 Å². The second-order valence-electron chi connectivity index (χ2n) is 14.0. The molecule has 3 aromatic heterocycles. The Morgan fingerprint density at radius 3 is 1.71 bits per heavy atom. The average Bonchev–Trinajstić information content (AvgIpc) is 3.85. The topological polar surface area (TPSA) is 54.5 Å². The first-order chi connectivity index (χ1) is 27.8. The zero-order valence-corrected chi connectivity index (χ0v) is 31.0. The number of rotatable bonds is 6. The zero-order valence-electron chi connectivity index (χ0n) is 30.1. The fraction of sp³-hybridized carbons (Fsp3) is 0. The van der Waals surface area contributed by atoms with Crippen LogP contribution in [-0.2, 0) is 0 Å². The lowest BCUT2D eigenvalue weighted by molar-refractivity contribution is 0.879. The molecule has 0 saturated heterocycles. The number of benzene rings is 8. The molecule has 0 fully saturated rings. The Hall–Kier alpha value is -7.21. The predicted molar refractivity (Wildman–Crippen MR) is 235 cm³/mol. The maximum atomic E-state index is 5.05. The maximum Gasteiger partial charge on any atom is 0.105 e. The van der Waals surface area contributed by atoms with Gasteiger partial charge < -0.3 is 4.98 Å². The third-order valence-electron chi connectivity index (χ3n) is 10.9. The van der Waals surface area contributed by atoms with Crippen molar-refractivity contribution in [2.24, 2.45) is 0 Å². The van der Waals surface area contributed by atoms with Crippen molar-refractivity contribution in [3.63, 3.8) is 0 Å². The molecule has 56 heavy (non-hydrogen) atoms. The summed E-state index contributed by atoms with van der Waals surface area (Å²) in [6, 6.07) is 66.8. The van der Waals surface area contributed by atoms with Gasteiger partial charge in [-0.25, -0.2) is 0 Å². The Labute approximate surface area is 327 Å². The van der Waals surface area contributed by atoms with Gasteiger partial charge in [0.25, 0.3) is 0 Å². The maximum absolute atomic E-state index is 5.05. The van der Waals surface area contributed by atoms with Crippen LogP contribution in [0.25, 0.3) is 109 Å². The van der Waals surface area contributed by atoms with Crippen molar-refractivity contribution in [3.8, 4) is 67.0 Å². The Morgan fingerprint density at radius 2 is 0.893 bits per heavy atom. The molecule has 0 amide bonds. The summed E-state index contributed by atoms with van der Waals surface area (Å²) < 4.78 is 2.45. The van der Waals surface area contributed by atoms with Gasteiger partial charge in [0.1, 0.15) is 11.4 Å². The molecular formula is C51H32N4S. The summed E-state index contributed by atoms with van der Waals surface area (Å²) in [4.78, 5) is 3.80. The van der Waals surface area contributed by atoms with Gasteiger partial charge in [-0.15, -0.1) is 21.5 Å².